The molecule has 0 aliphatic rings. The van der Waals surface area contributed by atoms with E-state index in [9.17, 15) is 4.79 Å². The van der Waals surface area contributed by atoms with Gasteiger partial charge in [-0.1, -0.05) is 6.92 Å². The third-order valence-corrected chi connectivity index (χ3v) is 2.02. The topological polar surface area (TPSA) is 58.4 Å². The highest BCUT2D eigenvalue weighted by molar-refractivity contribution is 5.76. The molecule has 1 amide bonds. The summed E-state index contributed by atoms with van der Waals surface area (Å²) >= 11 is 0. The van der Waals surface area contributed by atoms with E-state index in [2.05, 4.69) is 5.32 Å². The van der Waals surface area contributed by atoms with E-state index in [1.165, 1.54) is 0 Å². The molecule has 4 nitrogen and oxygen atoms in total. The average Bonchev–Trinajstić information content (AvgIpc) is 2.01. The fraction of sp³-hybridized carbons (Fsp3) is 0.900. The van der Waals surface area contributed by atoms with Crippen LogP contribution in [0.1, 0.15) is 26.7 Å². The maximum Gasteiger partial charge on any atom is 0.221 e. The third-order valence-electron chi connectivity index (χ3n) is 2.02. The van der Waals surface area contributed by atoms with Gasteiger partial charge >= 0.3 is 0 Å². The van der Waals surface area contributed by atoms with Crippen molar-refractivity contribution in [3.8, 4) is 0 Å². The lowest BCUT2D eigenvalue weighted by atomic mass is 10.1. The van der Waals surface area contributed by atoms with Gasteiger partial charge in [-0.05, 0) is 27.4 Å². The third kappa shape index (κ3) is 6.86. The lowest BCUT2D eigenvalue weighted by Crippen LogP contribution is -2.41. The predicted molar refractivity (Wildman–Crippen MR) is 59.0 cm³/mol. The zero-order chi connectivity index (χ0) is 11.1. The Morgan fingerprint density at radius 1 is 1.50 bits per heavy atom. The minimum absolute atomic E-state index is 0.0124. The summed E-state index contributed by atoms with van der Waals surface area (Å²) in [6.07, 6.45) is 1.27. The van der Waals surface area contributed by atoms with Crippen LogP contribution in [-0.2, 0) is 4.79 Å². The van der Waals surface area contributed by atoms with E-state index in [0.717, 1.165) is 13.0 Å². The molecule has 0 aliphatic carbocycles. The molecule has 0 aromatic carbocycles. The van der Waals surface area contributed by atoms with Crippen molar-refractivity contribution >= 4 is 5.91 Å². The molecule has 3 N–H and O–H groups in total. The highest BCUT2D eigenvalue weighted by Crippen LogP contribution is 1.94. The van der Waals surface area contributed by atoms with Gasteiger partial charge in [-0.25, -0.2) is 0 Å². The van der Waals surface area contributed by atoms with Crippen LogP contribution in [0, 0.1) is 0 Å². The number of carbonyl (C=O) groups excluding carboxylic acids is 1. The summed E-state index contributed by atoms with van der Waals surface area (Å²) in [5.74, 6) is 0.0497. The van der Waals surface area contributed by atoms with Crippen molar-refractivity contribution in [2.24, 2.45) is 5.73 Å². The van der Waals surface area contributed by atoms with Crippen LogP contribution < -0.4 is 11.1 Å². The summed E-state index contributed by atoms with van der Waals surface area (Å²) in [4.78, 5) is 13.4. The summed E-state index contributed by atoms with van der Waals surface area (Å²) in [5, 5.41) is 2.92. The number of hydrogen-bond acceptors (Lipinski definition) is 3. The van der Waals surface area contributed by atoms with Gasteiger partial charge in [0.2, 0.25) is 5.91 Å². The summed E-state index contributed by atoms with van der Waals surface area (Å²) < 4.78 is 0. The van der Waals surface area contributed by atoms with Crippen molar-refractivity contribution in [1.82, 2.24) is 10.2 Å². The van der Waals surface area contributed by atoms with E-state index in [-0.39, 0.29) is 18.0 Å². The molecule has 0 aromatic rings. The molecule has 0 fully saturated rings. The highest BCUT2D eigenvalue weighted by Gasteiger charge is 2.10. The molecule has 2 atom stereocenters. The number of hydrogen-bond donors (Lipinski definition) is 2. The van der Waals surface area contributed by atoms with E-state index in [1.807, 2.05) is 32.8 Å². The van der Waals surface area contributed by atoms with Crippen molar-refractivity contribution in [3.63, 3.8) is 0 Å². The van der Waals surface area contributed by atoms with Gasteiger partial charge in [-0.15, -0.1) is 0 Å². The van der Waals surface area contributed by atoms with Crippen LogP contribution in [0.4, 0.5) is 0 Å². The summed E-state index contributed by atoms with van der Waals surface area (Å²) in [7, 11) is 3.97. The fourth-order valence-corrected chi connectivity index (χ4v) is 1.31. The average molecular weight is 201 g/mol. The first-order valence-electron chi connectivity index (χ1n) is 5.15. The van der Waals surface area contributed by atoms with Crippen LogP contribution in [0.25, 0.3) is 0 Å². The van der Waals surface area contributed by atoms with Crippen molar-refractivity contribution in [3.05, 3.63) is 0 Å². The lowest BCUT2D eigenvalue weighted by Gasteiger charge is -2.19. The summed E-state index contributed by atoms with van der Waals surface area (Å²) in [5.41, 5.74) is 5.68. The van der Waals surface area contributed by atoms with Crippen LogP contribution in [0.2, 0.25) is 0 Å². The van der Waals surface area contributed by atoms with Crippen LogP contribution in [0.15, 0.2) is 0 Å². The van der Waals surface area contributed by atoms with Gasteiger partial charge in [0.1, 0.15) is 0 Å². The Morgan fingerprint density at radius 2 is 2.07 bits per heavy atom. The second kappa shape index (κ2) is 6.79. The van der Waals surface area contributed by atoms with Crippen molar-refractivity contribution < 1.29 is 4.79 Å². The zero-order valence-corrected chi connectivity index (χ0v) is 9.71. The molecule has 4 heteroatoms. The number of amides is 1. The minimum Gasteiger partial charge on any atom is -0.352 e. The summed E-state index contributed by atoms with van der Waals surface area (Å²) in [6.45, 7) is 4.84. The first-order valence-corrected chi connectivity index (χ1v) is 5.15. The van der Waals surface area contributed by atoms with E-state index in [4.69, 9.17) is 5.73 Å². The van der Waals surface area contributed by atoms with Crippen LogP contribution in [0.5, 0.6) is 0 Å². The van der Waals surface area contributed by atoms with E-state index in [1.54, 1.807) is 0 Å². The van der Waals surface area contributed by atoms with Gasteiger partial charge < -0.3 is 16.0 Å². The first-order chi connectivity index (χ1) is 6.45. The largest absolute Gasteiger partial charge is 0.352 e. The van der Waals surface area contributed by atoms with Gasteiger partial charge in [-0.2, -0.15) is 0 Å². The number of nitrogens with one attached hydrogen (secondary N) is 1. The molecular weight excluding hydrogens is 178 g/mol. The van der Waals surface area contributed by atoms with Gasteiger partial charge in [0.05, 0.1) is 0 Å². The lowest BCUT2D eigenvalue weighted by molar-refractivity contribution is -0.122. The van der Waals surface area contributed by atoms with Gasteiger partial charge in [0, 0.05) is 25.0 Å². The molecule has 0 rings (SSSR count). The van der Waals surface area contributed by atoms with Gasteiger partial charge in [0.15, 0.2) is 0 Å². The molecule has 0 aliphatic heterocycles. The smallest absolute Gasteiger partial charge is 0.221 e. The molecule has 84 valence electrons. The molecule has 0 heterocycles. The Bertz CT molecular complexity index is 171. The summed E-state index contributed by atoms with van der Waals surface area (Å²) in [6, 6.07) is 0.170. The standard InChI is InChI=1S/C10H23N3O/c1-5-9(11)6-10(14)12-8(2)7-13(3)4/h8-9H,5-7,11H2,1-4H3,(H,12,14). The quantitative estimate of drug-likeness (QED) is 0.644. The van der Waals surface area contributed by atoms with Crippen molar-refractivity contribution in [2.75, 3.05) is 20.6 Å². The Kier molecular flexibility index (Phi) is 6.49. The van der Waals surface area contributed by atoms with E-state index in [0.29, 0.717) is 6.42 Å². The molecule has 2 unspecified atom stereocenters. The predicted octanol–water partition coefficient (Wildman–Crippen LogP) is 0.180. The van der Waals surface area contributed by atoms with Gasteiger partial charge in [-0.3, -0.25) is 4.79 Å². The molecule has 0 bridgehead atoms. The number of carbonyl (C=O) groups is 1. The highest BCUT2D eigenvalue weighted by atomic mass is 16.1. The second-order valence-electron chi connectivity index (χ2n) is 4.10. The minimum atomic E-state index is -0.0124. The van der Waals surface area contributed by atoms with Crippen LogP contribution in [-0.4, -0.2) is 43.5 Å². The maximum absolute atomic E-state index is 11.4. The molecule has 0 spiro atoms. The number of nitrogens with zero attached hydrogens (tertiary/aromatic N) is 1. The van der Waals surface area contributed by atoms with E-state index >= 15 is 0 Å². The molecule has 0 radical (unpaired) electrons. The Hall–Kier alpha value is -0.610. The Labute approximate surface area is 86.8 Å². The molecule has 14 heavy (non-hydrogen) atoms. The maximum atomic E-state index is 11.4. The molecule has 0 aromatic heterocycles. The van der Waals surface area contributed by atoms with Crippen LogP contribution >= 0.6 is 0 Å². The van der Waals surface area contributed by atoms with Crippen molar-refractivity contribution in [2.45, 2.75) is 38.8 Å². The SMILES string of the molecule is CCC(N)CC(=O)NC(C)CN(C)C. The Morgan fingerprint density at radius 3 is 2.50 bits per heavy atom. The Balaban J connectivity index is 3.71. The van der Waals surface area contributed by atoms with E-state index < -0.39 is 0 Å². The van der Waals surface area contributed by atoms with Crippen LogP contribution in [0.3, 0.4) is 0 Å². The number of nitrogens with two attached hydrogens (primary N) is 1. The molecule has 0 saturated carbocycles. The first kappa shape index (κ1) is 13.4. The van der Waals surface area contributed by atoms with Crippen molar-refractivity contribution in [1.29, 1.82) is 0 Å². The second-order valence-corrected chi connectivity index (χ2v) is 4.10. The molecular formula is C10H23N3O. The molecule has 0 saturated heterocycles. The fourth-order valence-electron chi connectivity index (χ4n) is 1.31. The van der Waals surface area contributed by atoms with Gasteiger partial charge in [0.25, 0.3) is 0 Å². The zero-order valence-electron chi connectivity index (χ0n) is 9.71. The monoisotopic (exact) mass is 201 g/mol. The normalized spacial score (nSPS) is 15.3. The number of likely N-dealkylation sites (N-methyl/N-ethyl adjacent to an activating group) is 1. The number of rotatable bonds is 6.